The molecule has 1 aliphatic rings. The Kier molecular flexibility index (Phi) is 6.56. The van der Waals surface area contributed by atoms with Crippen molar-refractivity contribution < 1.29 is 4.42 Å². The molecule has 0 N–H and O–H groups in total. The van der Waals surface area contributed by atoms with Crippen LogP contribution in [0.15, 0.2) is 180 Å². The topological polar surface area (TPSA) is 16.4 Å². The Morgan fingerprint density at radius 1 is 0.412 bits per heavy atom. The standard InChI is InChI=1S/C49H35NO/c1-49(2)44-29-35(32-11-4-3-5-12-32)21-26-40(44)41-28-25-38(31-45(41)49)50(46-17-10-14-34-13-6-7-15-39(34)46)37-23-19-33(20-24-37)36-22-27-43-42-16-8-9-18-47(42)51-48(43)30-36/h3-31H,1-2H3. The maximum atomic E-state index is 6.23. The van der Waals surface area contributed by atoms with E-state index >= 15 is 0 Å². The summed E-state index contributed by atoms with van der Waals surface area (Å²) in [6, 6.07) is 63.7. The summed E-state index contributed by atoms with van der Waals surface area (Å²) in [5, 5.41) is 4.73. The van der Waals surface area contributed by atoms with Gasteiger partial charge in [-0.2, -0.15) is 0 Å². The number of nitrogens with zero attached hydrogens (tertiary/aromatic N) is 1. The summed E-state index contributed by atoms with van der Waals surface area (Å²) in [6.07, 6.45) is 0. The molecule has 1 aliphatic carbocycles. The highest BCUT2D eigenvalue weighted by Crippen LogP contribution is 2.52. The fraction of sp³-hybridized carbons (Fsp3) is 0.0612. The minimum absolute atomic E-state index is 0.158. The van der Waals surface area contributed by atoms with E-state index in [1.807, 2.05) is 12.1 Å². The van der Waals surface area contributed by atoms with E-state index in [9.17, 15) is 0 Å². The molecule has 242 valence electrons. The van der Waals surface area contributed by atoms with Gasteiger partial charge in [-0.05, 0) is 104 Å². The maximum absolute atomic E-state index is 6.23. The number of hydrogen-bond acceptors (Lipinski definition) is 2. The third-order valence-corrected chi connectivity index (χ3v) is 10.9. The Morgan fingerprint density at radius 3 is 1.84 bits per heavy atom. The van der Waals surface area contributed by atoms with Crippen LogP contribution in [0.25, 0.3) is 66.1 Å². The molecule has 10 rings (SSSR count). The number of hydrogen-bond donors (Lipinski definition) is 0. The summed E-state index contributed by atoms with van der Waals surface area (Å²) >= 11 is 0. The normalized spacial score (nSPS) is 13.1. The van der Waals surface area contributed by atoms with Gasteiger partial charge in [-0.3, -0.25) is 0 Å². The molecule has 0 atom stereocenters. The average molecular weight is 654 g/mol. The van der Waals surface area contributed by atoms with Crippen molar-refractivity contribution in [3.05, 3.63) is 187 Å². The molecule has 0 aliphatic heterocycles. The van der Waals surface area contributed by atoms with E-state index in [1.165, 1.54) is 44.2 Å². The summed E-state index contributed by atoms with van der Waals surface area (Å²) in [5.74, 6) is 0. The molecule has 0 saturated heterocycles. The van der Waals surface area contributed by atoms with Gasteiger partial charge in [-0.15, -0.1) is 0 Å². The highest BCUT2D eigenvalue weighted by molar-refractivity contribution is 6.06. The maximum Gasteiger partial charge on any atom is 0.136 e. The molecule has 0 saturated carbocycles. The molecule has 0 bridgehead atoms. The number of fused-ring (bicyclic) bond motifs is 7. The van der Waals surface area contributed by atoms with Crippen LogP contribution in [0.3, 0.4) is 0 Å². The predicted octanol–water partition coefficient (Wildman–Crippen LogP) is 13.8. The van der Waals surface area contributed by atoms with Crippen LogP contribution in [-0.4, -0.2) is 0 Å². The third kappa shape index (κ3) is 4.71. The molecule has 8 aromatic carbocycles. The first-order valence-electron chi connectivity index (χ1n) is 17.7. The largest absolute Gasteiger partial charge is 0.456 e. The van der Waals surface area contributed by atoms with Crippen molar-refractivity contribution in [3.8, 4) is 33.4 Å². The Bertz CT molecular complexity index is 2770. The predicted molar refractivity (Wildman–Crippen MR) is 214 cm³/mol. The van der Waals surface area contributed by atoms with Crippen LogP contribution < -0.4 is 4.90 Å². The van der Waals surface area contributed by atoms with Crippen molar-refractivity contribution in [2.45, 2.75) is 19.3 Å². The second-order valence-electron chi connectivity index (χ2n) is 14.2. The van der Waals surface area contributed by atoms with Crippen molar-refractivity contribution in [1.82, 2.24) is 0 Å². The number of rotatable bonds is 5. The quantitative estimate of drug-likeness (QED) is 0.184. The zero-order chi connectivity index (χ0) is 34.1. The first-order chi connectivity index (χ1) is 25.0. The van der Waals surface area contributed by atoms with E-state index in [2.05, 4.69) is 183 Å². The molecule has 9 aromatic rings. The van der Waals surface area contributed by atoms with Crippen LogP contribution in [-0.2, 0) is 5.41 Å². The zero-order valence-corrected chi connectivity index (χ0v) is 28.6. The van der Waals surface area contributed by atoms with Crippen LogP contribution in [0.2, 0.25) is 0 Å². The van der Waals surface area contributed by atoms with Crippen LogP contribution >= 0.6 is 0 Å². The smallest absolute Gasteiger partial charge is 0.136 e. The van der Waals surface area contributed by atoms with E-state index in [0.717, 1.165) is 50.1 Å². The van der Waals surface area contributed by atoms with Crippen molar-refractivity contribution in [2.75, 3.05) is 4.90 Å². The van der Waals surface area contributed by atoms with E-state index in [1.54, 1.807) is 0 Å². The molecule has 1 aromatic heterocycles. The molecular formula is C49H35NO. The molecule has 2 heteroatoms. The molecule has 0 amide bonds. The zero-order valence-electron chi connectivity index (χ0n) is 28.6. The van der Waals surface area contributed by atoms with Gasteiger partial charge in [0, 0.05) is 32.9 Å². The molecule has 2 nitrogen and oxygen atoms in total. The lowest BCUT2D eigenvalue weighted by Crippen LogP contribution is -2.16. The first kappa shape index (κ1) is 29.5. The monoisotopic (exact) mass is 653 g/mol. The minimum Gasteiger partial charge on any atom is -0.456 e. The Labute approximate surface area is 297 Å². The lowest BCUT2D eigenvalue weighted by molar-refractivity contribution is 0.660. The summed E-state index contributed by atoms with van der Waals surface area (Å²) in [7, 11) is 0. The fourth-order valence-electron chi connectivity index (χ4n) is 8.21. The second-order valence-corrected chi connectivity index (χ2v) is 14.2. The van der Waals surface area contributed by atoms with Gasteiger partial charge in [0.05, 0.1) is 5.69 Å². The fourth-order valence-corrected chi connectivity index (χ4v) is 8.21. The van der Waals surface area contributed by atoms with Crippen LogP contribution in [0.4, 0.5) is 17.1 Å². The van der Waals surface area contributed by atoms with Gasteiger partial charge in [0.1, 0.15) is 11.2 Å². The highest BCUT2D eigenvalue weighted by atomic mass is 16.3. The Hall–Kier alpha value is -6.38. The van der Waals surface area contributed by atoms with Gasteiger partial charge in [0.15, 0.2) is 0 Å². The summed E-state index contributed by atoms with van der Waals surface area (Å²) in [6.45, 7) is 4.73. The van der Waals surface area contributed by atoms with Crippen LogP contribution in [0.5, 0.6) is 0 Å². The van der Waals surface area contributed by atoms with E-state index in [4.69, 9.17) is 4.42 Å². The van der Waals surface area contributed by atoms with Crippen LogP contribution in [0, 0.1) is 0 Å². The molecule has 1 heterocycles. The molecule has 0 fully saturated rings. The number of para-hydroxylation sites is 1. The SMILES string of the molecule is CC1(C)c2cc(-c3ccccc3)ccc2-c2ccc(N(c3ccc(-c4ccc5c(c4)oc4ccccc45)cc3)c3cccc4ccccc34)cc21. The van der Waals surface area contributed by atoms with Gasteiger partial charge in [0.2, 0.25) is 0 Å². The molecule has 0 spiro atoms. The van der Waals surface area contributed by atoms with Crippen molar-refractivity contribution in [1.29, 1.82) is 0 Å². The second kappa shape index (κ2) is 11.3. The number of anilines is 3. The summed E-state index contributed by atoms with van der Waals surface area (Å²) in [5.41, 5.74) is 15.2. The lowest BCUT2D eigenvalue weighted by atomic mass is 9.81. The Morgan fingerprint density at radius 2 is 1.00 bits per heavy atom. The van der Waals surface area contributed by atoms with Gasteiger partial charge in [-0.1, -0.05) is 135 Å². The van der Waals surface area contributed by atoms with Gasteiger partial charge in [0.25, 0.3) is 0 Å². The van der Waals surface area contributed by atoms with Gasteiger partial charge < -0.3 is 9.32 Å². The van der Waals surface area contributed by atoms with E-state index in [0.29, 0.717) is 0 Å². The summed E-state index contributed by atoms with van der Waals surface area (Å²) in [4.78, 5) is 2.42. The number of furan rings is 1. The average Bonchev–Trinajstić information content (AvgIpc) is 3.66. The highest BCUT2D eigenvalue weighted by Gasteiger charge is 2.36. The third-order valence-electron chi connectivity index (χ3n) is 10.9. The molecule has 51 heavy (non-hydrogen) atoms. The molecule has 0 radical (unpaired) electrons. The van der Waals surface area contributed by atoms with Gasteiger partial charge >= 0.3 is 0 Å². The van der Waals surface area contributed by atoms with E-state index in [-0.39, 0.29) is 5.41 Å². The lowest BCUT2D eigenvalue weighted by Gasteiger charge is -2.29. The minimum atomic E-state index is -0.158. The van der Waals surface area contributed by atoms with Crippen molar-refractivity contribution in [3.63, 3.8) is 0 Å². The summed E-state index contributed by atoms with van der Waals surface area (Å²) < 4.78 is 6.23. The van der Waals surface area contributed by atoms with Crippen molar-refractivity contribution in [2.24, 2.45) is 0 Å². The van der Waals surface area contributed by atoms with Gasteiger partial charge in [-0.25, -0.2) is 0 Å². The number of benzene rings is 8. The molecular weight excluding hydrogens is 619 g/mol. The first-order valence-corrected chi connectivity index (χ1v) is 17.7. The van der Waals surface area contributed by atoms with Crippen LogP contribution in [0.1, 0.15) is 25.0 Å². The van der Waals surface area contributed by atoms with Crippen molar-refractivity contribution >= 4 is 49.8 Å². The van der Waals surface area contributed by atoms with E-state index < -0.39 is 0 Å². The molecule has 0 unspecified atom stereocenters. The Balaban J connectivity index is 1.09.